The van der Waals surface area contributed by atoms with Crippen LogP contribution in [0.1, 0.15) is 15.9 Å². The topological polar surface area (TPSA) is 81.1 Å². The summed E-state index contributed by atoms with van der Waals surface area (Å²) in [6.45, 7) is 0. The molecule has 0 aromatic heterocycles. The van der Waals surface area contributed by atoms with Gasteiger partial charge in [-0.1, -0.05) is 18.3 Å². The van der Waals surface area contributed by atoms with E-state index < -0.39 is 17.5 Å². The molecule has 108 valence electrons. The molecule has 0 fully saturated rings. The zero-order valence-corrected chi connectivity index (χ0v) is 11.5. The van der Waals surface area contributed by atoms with Crippen molar-refractivity contribution in [2.75, 3.05) is 5.32 Å². The average molecular weight is 307 g/mol. The Morgan fingerprint density at radius 1 is 1.10 bits per heavy atom. The third-order valence-electron chi connectivity index (χ3n) is 2.77. The lowest BCUT2D eigenvalue weighted by Crippen LogP contribution is -2.13. The van der Waals surface area contributed by atoms with Crippen LogP contribution in [0.4, 0.5) is 20.2 Å². The molecule has 0 radical (unpaired) electrons. The molecule has 0 bridgehead atoms. The highest BCUT2D eigenvalue weighted by atomic mass is 32.1. The van der Waals surface area contributed by atoms with Crippen molar-refractivity contribution in [3.8, 4) is 0 Å². The number of carbonyl (C=O) groups excluding carboxylic acids is 1. The van der Waals surface area contributed by atoms with Crippen molar-refractivity contribution in [2.45, 2.75) is 0 Å². The summed E-state index contributed by atoms with van der Waals surface area (Å²) in [5, 5.41) is 2.67. The Labute approximate surface area is 124 Å². The Morgan fingerprint density at radius 3 is 2.43 bits per heavy atom. The first-order chi connectivity index (χ1) is 9.90. The number of primary amides is 1. The van der Waals surface area contributed by atoms with Crippen LogP contribution in [-0.2, 0) is 0 Å². The fourth-order valence-corrected chi connectivity index (χ4v) is 1.90. The fraction of sp³-hybridized carbons (Fsp3) is 0. The average Bonchev–Trinajstić information content (AvgIpc) is 2.44. The monoisotopic (exact) mass is 307 g/mol. The van der Waals surface area contributed by atoms with Crippen LogP contribution < -0.4 is 16.8 Å². The maximum atomic E-state index is 13.9. The van der Waals surface area contributed by atoms with Crippen LogP contribution in [0.25, 0.3) is 0 Å². The molecule has 2 rings (SSSR count). The van der Waals surface area contributed by atoms with E-state index in [9.17, 15) is 13.6 Å². The minimum Gasteiger partial charge on any atom is -0.389 e. The molecule has 0 heterocycles. The molecule has 0 aliphatic carbocycles. The zero-order chi connectivity index (χ0) is 15.6. The third kappa shape index (κ3) is 3.14. The lowest BCUT2D eigenvalue weighted by atomic mass is 10.1. The van der Waals surface area contributed by atoms with Crippen molar-refractivity contribution in [2.24, 2.45) is 11.5 Å². The predicted molar refractivity (Wildman–Crippen MR) is 80.5 cm³/mol. The van der Waals surface area contributed by atoms with E-state index in [2.05, 4.69) is 17.5 Å². The SMILES string of the molecule is NC(=O)c1cccc(Nc2ccc(C(N)=S)c(F)c2F)c1. The number of amides is 1. The number of carbonyl (C=O) groups is 1. The van der Waals surface area contributed by atoms with E-state index in [1.165, 1.54) is 24.3 Å². The quantitative estimate of drug-likeness (QED) is 0.758. The smallest absolute Gasteiger partial charge is 0.248 e. The summed E-state index contributed by atoms with van der Waals surface area (Å²) >= 11 is 4.63. The van der Waals surface area contributed by atoms with Gasteiger partial charge in [0.1, 0.15) is 4.99 Å². The van der Waals surface area contributed by atoms with Crippen LogP contribution in [0.3, 0.4) is 0 Å². The highest BCUT2D eigenvalue weighted by Gasteiger charge is 2.15. The lowest BCUT2D eigenvalue weighted by Gasteiger charge is -2.10. The van der Waals surface area contributed by atoms with Gasteiger partial charge in [-0.2, -0.15) is 0 Å². The Kier molecular flexibility index (Phi) is 4.13. The second-order valence-corrected chi connectivity index (χ2v) is 4.66. The molecular formula is C14H11F2N3OS. The van der Waals surface area contributed by atoms with Crippen LogP contribution >= 0.6 is 12.2 Å². The summed E-state index contributed by atoms with van der Waals surface area (Å²) < 4.78 is 27.7. The minimum atomic E-state index is -1.13. The zero-order valence-electron chi connectivity index (χ0n) is 10.7. The van der Waals surface area contributed by atoms with E-state index >= 15 is 0 Å². The van der Waals surface area contributed by atoms with Gasteiger partial charge in [-0.25, -0.2) is 8.78 Å². The first-order valence-corrected chi connectivity index (χ1v) is 6.25. The number of nitrogens with two attached hydrogens (primary N) is 2. The van der Waals surface area contributed by atoms with E-state index in [1.54, 1.807) is 12.1 Å². The highest BCUT2D eigenvalue weighted by Crippen LogP contribution is 2.24. The van der Waals surface area contributed by atoms with Crippen LogP contribution in [0.15, 0.2) is 36.4 Å². The maximum absolute atomic E-state index is 13.9. The molecule has 4 nitrogen and oxygen atoms in total. The summed E-state index contributed by atoms with van der Waals surface area (Å²) in [7, 11) is 0. The van der Waals surface area contributed by atoms with Crippen LogP contribution in [0.5, 0.6) is 0 Å². The van der Waals surface area contributed by atoms with E-state index in [-0.39, 0.29) is 21.8 Å². The predicted octanol–water partition coefficient (Wildman–Crippen LogP) is 2.44. The highest BCUT2D eigenvalue weighted by molar-refractivity contribution is 7.80. The van der Waals surface area contributed by atoms with Crippen molar-refractivity contribution in [3.63, 3.8) is 0 Å². The van der Waals surface area contributed by atoms with Crippen LogP contribution in [0, 0.1) is 11.6 Å². The van der Waals surface area contributed by atoms with Crippen LogP contribution in [-0.4, -0.2) is 10.9 Å². The minimum absolute atomic E-state index is 0.103. The lowest BCUT2D eigenvalue weighted by molar-refractivity contribution is 0.100. The van der Waals surface area contributed by atoms with Crippen molar-refractivity contribution >= 4 is 34.5 Å². The molecule has 0 spiro atoms. The third-order valence-corrected chi connectivity index (χ3v) is 2.99. The summed E-state index contributed by atoms with van der Waals surface area (Å²) in [5.74, 6) is -2.85. The Bertz CT molecular complexity index is 734. The standard InChI is InChI=1S/C14H11F2N3OS/c15-11-9(14(18)21)4-5-10(12(11)16)19-8-3-1-2-7(6-8)13(17)20/h1-6,19H,(H2,17,20)(H2,18,21). The van der Waals surface area contributed by atoms with Crippen molar-refractivity contribution in [1.82, 2.24) is 0 Å². The van der Waals surface area contributed by atoms with Gasteiger partial charge in [-0.3, -0.25) is 4.79 Å². The first kappa shape index (κ1) is 14.9. The summed E-state index contributed by atoms with van der Waals surface area (Å²) in [5.41, 5.74) is 10.8. The Hall–Kier alpha value is -2.54. The Morgan fingerprint density at radius 2 is 1.81 bits per heavy atom. The Balaban J connectivity index is 2.36. The molecule has 0 aliphatic rings. The van der Waals surface area contributed by atoms with Crippen molar-refractivity contribution < 1.29 is 13.6 Å². The number of halogens is 2. The number of anilines is 2. The van der Waals surface area contributed by atoms with Gasteiger partial charge in [0.15, 0.2) is 11.6 Å². The molecule has 21 heavy (non-hydrogen) atoms. The molecule has 2 aromatic rings. The molecule has 0 saturated heterocycles. The van der Waals surface area contributed by atoms with Gasteiger partial charge in [0.05, 0.1) is 5.69 Å². The summed E-state index contributed by atoms with van der Waals surface area (Å²) in [6, 6.07) is 8.69. The largest absolute Gasteiger partial charge is 0.389 e. The van der Waals surface area contributed by atoms with E-state index in [1.807, 2.05) is 0 Å². The normalized spacial score (nSPS) is 10.2. The van der Waals surface area contributed by atoms with Gasteiger partial charge in [-0.05, 0) is 30.3 Å². The molecular weight excluding hydrogens is 296 g/mol. The van der Waals surface area contributed by atoms with Gasteiger partial charge in [0.2, 0.25) is 5.91 Å². The molecule has 0 aliphatic heterocycles. The first-order valence-electron chi connectivity index (χ1n) is 5.85. The number of hydrogen-bond acceptors (Lipinski definition) is 3. The number of nitrogens with one attached hydrogen (secondary N) is 1. The van der Waals surface area contributed by atoms with E-state index in [0.717, 1.165) is 0 Å². The molecule has 5 N–H and O–H groups in total. The number of rotatable bonds is 4. The molecule has 0 saturated carbocycles. The maximum Gasteiger partial charge on any atom is 0.248 e. The molecule has 0 unspecified atom stereocenters. The molecule has 1 amide bonds. The van der Waals surface area contributed by atoms with Gasteiger partial charge >= 0.3 is 0 Å². The summed E-state index contributed by atoms with van der Waals surface area (Å²) in [6.07, 6.45) is 0. The van der Waals surface area contributed by atoms with Gasteiger partial charge in [0.25, 0.3) is 0 Å². The van der Waals surface area contributed by atoms with Crippen LogP contribution in [0.2, 0.25) is 0 Å². The van der Waals surface area contributed by atoms with Gasteiger partial charge in [-0.15, -0.1) is 0 Å². The van der Waals surface area contributed by atoms with E-state index in [0.29, 0.717) is 5.69 Å². The molecule has 0 atom stereocenters. The van der Waals surface area contributed by atoms with Gasteiger partial charge in [0, 0.05) is 16.8 Å². The second-order valence-electron chi connectivity index (χ2n) is 4.22. The number of thiocarbonyl (C=S) groups is 1. The molecule has 7 heteroatoms. The summed E-state index contributed by atoms with van der Waals surface area (Å²) in [4.78, 5) is 10.9. The molecule has 2 aromatic carbocycles. The number of benzene rings is 2. The fourth-order valence-electron chi connectivity index (χ4n) is 1.74. The number of hydrogen-bond donors (Lipinski definition) is 3. The van der Waals surface area contributed by atoms with Gasteiger partial charge < -0.3 is 16.8 Å². The van der Waals surface area contributed by atoms with E-state index in [4.69, 9.17) is 11.5 Å². The van der Waals surface area contributed by atoms with Crippen molar-refractivity contribution in [3.05, 3.63) is 59.2 Å². The second kappa shape index (κ2) is 5.84. The van der Waals surface area contributed by atoms with Crippen molar-refractivity contribution in [1.29, 1.82) is 0 Å².